The molecule has 2 heterocycles. The molecule has 2 rings (SSSR count). The fourth-order valence-electron chi connectivity index (χ4n) is 2.31. The van der Waals surface area contributed by atoms with Crippen LogP contribution in [0.5, 0.6) is 0 Å². The third-order valence-electron chi connectivity index (χ3n) is 3.35. The van der Waals surface area contributed by atoms with Gasteiger partial charge in [0.05, 0.1) is 5.60 Å². The second-order valence-corrected chi connectivity index (χ2v) is 5.82. The lowest BCUT2D eigenvalue weighted by Gasteiger charge is -2.19. The van der Waals surface area contributed by atoms with Gasteiger partial charge in [0.15, 0.2) is 0 Å². The van der Waals surface area contributed by atoms with E-state index >= 15 is 0 Å². The zero-order chi connectivity index (χ0) is 13.3. The lowest BCUT2D eigenvalue weighted by molar-refractivity contribution is 0.0689. The van der Waals surface area contributed by atoms with Crippen molar-refractivity contribution < 1.29 is 5.11 Å². The van der Waals surface area contributed by atoms with E-state index in [9.17, 15) is 5.11 Å². The van der Waals surface area contributed by atoms with Gasteiger partial charge in [-0.05, 0) is 38.3 Å². The number of nitrogens with zero attached hydrogens (tertiary/aromatic N) is 3. The minimum absolute atomic E-state index is 0.186. The minimum Gasteiger partial charge on any atom is -0.389 e. The second kappa shape index (κ2) is 5.29. The van der Waals surface area contributed by atoms with E-state index < -0.39 is 5.60 Å². The number of aryl methyl sites for hydroxylation is 1. The maximum Gasteiger partial charge on any atom is 0.224 e. The first-order chi connectivity index (χ1) is 8.37. The largest absolute Gasteiger partial charge is 0.389 e. The molecule has 6 heteroatoms. The fourth-order valence-corrected chi connectivity index (χ4v) is 2.88. The van der Waals surface area contributed by atoms with Gasteiger partial charge in [-0.1, -0.05) is 11.6 Å². The molecule has 100 valence electrons. The third-order valence-corrected chi connectivity index (χ3v) is 3.83. The van der Waals surface area contributed by atoms with Gasteiger partial charge in [-0.3, -0.25) is 0 Å². The molecule has 1 aliphatic heterocycles. The molecule has 0 amide bonds. The summed E-state index contributed by atoms with van der Waals surface area (Å²) < 4.78 is 0. The van der Waals surface area contributed by atoms with Crippen molar-refractivity contribution in [2.45, 2.75) is 32.3 Å². The van der Waals surface area contributed by atoms with Crippen LogP contribution in [-0.4, -0.2) is 45.2 Å². The van der Waals surface area contributed by atoms with Crippen LogP contribution < -0.4 is 0 Å². The first kappa shape index (κ1) is 14.0. The average molecular weight is 290 g/mol. The number of hydrogen-bond donors (Lipinski definition) is 1. The molecule has 1 atom stereocenters. The van der Waals surface area contributed by atoms with Crippen LogP contribution >= 0.6 is 23.2 Å². The molecule has 0 spiro atoms. The summed E-state index contributed by atoms with van der Waals surface area (Å²) in [5, 5.41) is 10.5. The van der Waals surface area contributed by atoms with E-state index in [0.29, 0.717) is 11.7 Å². The zero-order valence-electron chi connectivity index (χ0n) is 10.6. The summed E-state index contributed by atoms with van der Waals surface area (Å²) in [6.07, 6.45) is 1.59. The first-order valence-electron chi connectivity index (χ1n) is 6.01. The number of β-amino-alcohol motifs (C(OH)–C–C–N with tert-alkyl or cyclic N) is 1. The van der Waals surface area contributed by atoms with Gasteiger partial charge in [-0.2, -0.15) is 0 Å². The van der Waals surface area contributed by atoms with Crippen LogP contribution in [0.1, 0.15) is 24.6 Å². The molecule has 4 nitrogen and oxygen atoms in total. The molecule has 0 bridgehead atoms. The highest BCUT2D eigenvalue weighted by Crippen LogP contribution is 2.23. The molecule has 1 saturated heterocycles. The summed E-state index contributed by atoms with van der Waals surface area (Å²) in [7, 11) is 0. The van der Waals surface area contributed by atoms with Crippen LogP contribution in [0.25, 0.3) is 0 Å². The van der Waals surface area contributed by atoms with Crippen LogP contribution in [0.15, 0.2) is 0 Å². The molecule has 1 aromatic rings. The number of rotatable bonds is 3. The second-order valence-electron chi connectivity index (χ2n) is 5.12. The van der Waals surface area contributed by atoms with E-state index in [0.717, 1.165) is 37.2 Å². The van der Waals surface area contributed by atoms with Gasteiger partial charge in [-0.25, -0.2) is 9.97 Å². The van der Waals surface area contributed by atoms with E-state index in [2.05, 4.69) is 14.9 Å². The van der Waals surface area contributed by atoms with Crippen molar-refractivity contribution in [3.05, 3.63) is 21.7 Å². The first-order valence-corrected chi connectivity index (χ1v) is 6.76. The standard InChI is InChI=1S/C12H17Cl2N3O/c1-8-9(10(13)16-11(14)15-8)3-5-17-6-4-12(2,18)7-17/h18H,3-7H2,1-2H3. The van der Waals surface area contributed by atoms with Crippen molar-refractivity contribution in [3.63, 3.8) is 0 Å². The predicted molar refractivity (Wildman–Crippen MR) is 72.2 cm³/mol. The number of aliphatic hydroxyl groups is 1. The molecular weight excluding hydrogens is 273 g/mol. The molecule has 0 aromatic carbocycles. The van der Waals surface area contributed by atoms with E-state index in [1.54, 1.807) is 0 Å². The van der Waals surface area contributed by atoms with Crippen molar-refractivity contribution in [2.24, 2.45) is 0 Å². The molecule has 1 fully saturated rings. The highest BCUT2D eigenvalue weighted by atomic mass is 35.5. The summed E-state index contributed by atoms with van der Waals surface area (Å²) in [5.41, 5.74) is 1.20. The van der Waals surface area contributed by atoms with E-state index in [-0.39, 0.29) is 5.28 Å². The van der Waals surface area contributed by atoms with Crippen LogP contribution in [0.3, 0.4) is 0 Å². The highest BCUT2D eigenvalue weighted by Gasteiger charge is 2.30. The Morgan fingerprint density at radius 3 is 2.67 bits per heavy atom. The normalized spacial score (nSPS) is 24.7. The van der Waals surface area contributed by atoms with E-state index in [1.807, 2.05) is 13.8 Å². The van der Waals surface area contributed by atoms with Gasteiger partial charge in [0.2, 0.25) is 5.28 Å². The third kappa shape index (κ3) is 3.32. The van der Waals surface area contributed by atoms with Gasteiger partial charge in [0, 0.05) is 30.9 Å². The summed E-state index contributed by atoms with van der Waals surface area (Å²) in [4.78, 5) is 10.3. The number of hydrogen-bond acceptors (Lipinski definition) is 4. The Hall–Kier alpha value is -0.420. The molecule has 1 unspecified atom stereocenters. The highest BCUT2D eigenvalue weighted by molar-refractivity contribution is 6.32. The fraction of sp³-hybridized carbons (Fsp3) is 0.667. The Morgan fingerprint density at radius 1 is 1.39 bits per heavy atom. The van der Waals surface area contributed by atoms with Crippen LogP contribution in [0.4, 0.5) is 0 Å². The number of aromatic nitrogens is 2. The van der Waals surface area contributed by atoms with Gasteiger partial charge in [-0.15, -0.1) is 0 Å². The molecule has 1 aliphatic rings. The predicted octanol–water partition coefficient (Wildman–Crippen LogP) is 2.09. The number of likely N-dealkylation sites (tertiary alicyclic amines) is 1. The van der Waals surface area contributed by atoms with Gasteiger partial charge < -0.3 is 10.0 Å². The maximum absolute atomic E-state index is 9.90. The minimum atomic E-state index is -0.560. The summed E-state index contributed by atoms with van der Waals surface area (Å²) in [5.74, 6) is 0. The summed E-state index contributed by atoms with van der Waals surface area (Å²) >= 11 is 11.8. The molecule has 1 N–H and O–H groups in total. The van der Waals surface area contributed by atoms with E-state index in [1.165, 1.54) is 0 Å². The van der Waals surface area contributed by atoms with Crippen molar-refractivity contribution in [1.82, 2.24) is 14.9 Å². The number of halogens is 2. The molecule has 18 heavy (non-hydrogen) atoms. The molecule has 0 aliphatic carbocycles. The zero-order valence-corrected chi connectivity index (χ0v) is 12.1. The van der Waals surface area contributed by atoms with Crippen molar-refractivity contribution in [1.29, 1.82) is 0 Å². The van der Waals surface area contributed by atoms with Crippen molar-refractivity contribution in [2.75, 3.05) is 19.6 Å². The van der Waals surface area contributed by atoms with Crippen LogP contribution in [0.2, 0.25) is 10.4 Å². The smallest absolute Gasteiger partial charge is 0.224 e. The van der Waals surface area contributed by atoms with Crippen LogP contribution in [-0.2, 0) is 6.42 Å². The Morgan fingerprint density at radius 2 is 2.11 bits per heavy atom. The Balaban J connectivity index is 1.99. The van der Waals surface area contributed by atoms with Crippen molar-refractivity contribution >= 4 is 23.2 Å². The van der Waals surface area contributed by atoms with E-state index in [4.69, 9.17) is 23.2 Å². The summed E-state index contributed by atoms with van der Waals surface area (Å²) in [6, 6.07) is 0. The Bertz CT molecular complexity index is 428. The van der Waals surface area contributed by atoms with Gasteiger partial charge in [0.1, 0.15) is 5.15 Å². The van der Waals surface area contributed by atoms with Crippen LogP contribution in [0, 0.1) is 6.92 Å². The monoisotopic (exact) mass is 289 g/mol. The van der Waals surface area contributed by atoms with Gasteiger partial charge in [0.25, 0.3) is 0 Å². The lowest BCUT2D eigenvalue weighted by atomic mass is 10.1. The molecular formula is C12H17Cl2N3O. The van der Waals surface area contributed by atoms with Crippen molar-refractivity contribution in [3.8, 4) is 0 Å². The maximum atomic E-state index is 9.90. The molecule has 0 radical (unpaired) electrons. The summed E-state index contributed by atoms with van der Waals surface area (Å²) in [6.45, 7) is 6.23. The topological polar surface area (TPSA) is 49.2 Å². The molecule has 0 saturated carbocycles. The molecule has 1 aromatic heterocycles. The SMILES string of the molecule is Cc1nc(Cl)nc(Cl)c1CCN1CCC(C)(O)C1. The quantitative estimate of drug-likeness (QED) is 0.684. The van der Waals surface area contributed by atoms with Gasteiger partial charge >= 0.3 is 0 Å². The Labute approximate surface area is 117 Å². The average Bonchev–Trinajstić information content (AvgIpc) is 2.56. The lowest BCUT2D eigenvalue weighted by Crippen LogP contribution is -2.31. The Kier molecular flexibility index (Phi) is 4.11.